The molecule has 1 aromatic heterocycles. The molecule has 0 saturated carbocycles. The summed E-state index contributed by atoms with van der Waals surface area (Å²) in [7, 11) is 0. The van der Waals surface area contributed by atoms with Gasteiger partial charge in [0, 0.05) is 4.47 Å². The first-order chi connectivity index (χ1) is 10.6. The fraction of sp³-hybridized carbons (Fsp3) is 0.176. The summed E-state index contributed by atoms with van der Waals surface area (Å²) in [5.74, 6) is -0.0444. The average Bonchev–Trinajstić information content (AvgIpc) is 2.90. The standard InChI is InChI=1S/C17H15BrN2OS/c1-2-11-5-8-14-15(9-11)22-17(19-14)20-16(21)10-12-3-6-13(18)7-4-12/h3-9H,2,10H2,1H3,(H,19,20,21). The highest BCUT2D eigenvalue weighted by atomic mass is 79.9. The van der Waals surface area contributed by atoms with Crippen molar-refractivity contribution < 1.29 is 4.79 Å². The van der Waals surface area contributed by atoms with Crippen LogP contribution >= 0.6 is 27.3 Å². The van der Waals surface area contributed by atoms with Crippen LogP contribution in [0.4, 0.5) is 5.13 Å². The number of carbonyl (C=O) groups excluding carboxylic acids is 1. The topological polar surface area (TPSA) is 42.0 Å². The van der Waals surface area contributed by atoms with Gasteiger partial charge in [0.2, 0.25) is 5.91 Å². The summed E-state index contributed by atoms with van der Waals surface area (Å²) in [6.07, 6.45) is 1.35. The van der Waals surface area contributed by atoms with Crippen molar-refractivity contribution in [2.45, 2.75) is 19.8 Å². The number of aryl methyl sites for hydroxylation is 1. The Bertz CT molecular complexity index is 811. The zero-order valence-electron chi connectivity index (χ0n) is 12.1. The largest absolute Gasteiger partial charge is 0.302 e. The van der Waals surface area contributed by atoms with Crippen LogP contribution in [0.1, 0.15) is 18.1 Å². The SMILES string of the molecule is CCc1ccc2nc(NC(=O)Cc3ccc(Br)cc3)sc2c1. The molecular formula is C17H15BrN2OS. The molecule has 0 aliphatic rings. The molecule has 0 bridgehead atoms. The lowest BCUT2D eigenvalue weighted by Crippen LogP contribution is -2.14. The maximum atomic E-state index is 12.1. The molecule has 0 atom stereocenters. The monoisotopic (exact) mass is 374 g/mol. The van der Waals surface area contributed by atoms with Crippen LogP contribution in [0.15, 0.2) is 46.9 Å². The van der Waals surface area contributed by atoms with Crippen molar-refractivity contribution in [2.75, 3.05) is 5.32 Å². The van der Waals surface area contributed by atoms with Crippen LogP contribution in [0.2, 0.25) is 0 Å². The molecule has 2 aromatic carbocycles. The van der Waals surface area contributed by atoms with E-state index in [-0.39, 0.29) is 5.91 Å². The van der Waals surface area contributed by atoms with Crippen molar-refractivity contribution in [3.63, 3.8) is 0 Å². The maximum absolute atomic E-state index is 12.1. The van der Waals surface area contributed by atoms with E-state index in [1.807, 2.05) is 30.3 Å². The summed E-state index contributed by atoms with van der Waals surface area (Å²) in [5.41, 5.74) is 3.19. The Morgan fingerprint density at radius 2 is 1.91 bits per heavy atom. The maximum Gasteiger partial charge on any atom is 0.230 e. The van der Waals surface area contributed by atoms with Gasteiger partial charge in [0.15, 0.2) is 5.13 Å². The summed E-state index contributed by atoms with van der Waals surface area (Å²) in [4.78, 5) is 16.6. The van der Waals surface area contributed by atoms with E-state index in [0.29, 0.717) is 11.6 Å². The second-order valence-corrected chi connectivity index (χ2v) is 6.97. The minimum Gasteiger partial charge on any atom is -0.302 e. The number of benzene rings is 2. The molecule has 1 N–H and O–H groups in total. The first-order valence-electron chi connectivity index (χ1n) is 7.08. The van der Waals surface area contributed by atoms with Gasteiger partial charge in [0.25, 0.3) is 0 Å². The van der Waals surface area contributed by atoms with Crippen molar-refractivity contribution in [3.05, 3.63) is 58.1 Å². The van der Waals surface area contributed by atoms with Gasteiger partial charge in [-0.25, -0.2) is 4.98 Å². The molecule has 3 aromatic rings. The van der Waals surface area contributed by atoms with Crippen LogP contribution in [0.3, 0.4) is 0 Å². The van der Waals surface area contributed by atoms with Gasteiger partial charge in [-0.1, -0.05) is 52.4 Å². The van der Waals surface area contributed by atoms with Crippen LogP contribution in [0, 0.1) is 0 Å². The summed E-state index contributed by atoms with van der Waals surface area (Å²) < 4.78 is 2.12. The third-order valence-corrected chi connectivity index (χ3v) is 4.85. The Hall–Kier alpha value is -1.72. The predicted molar refractivity (Wildman–Crippen MR) is 95.5 cm³/mol. The molecular weight excluding hydrogens is 360 g/mol. The van der Waals surface area contributed by atoms with Crippen LogP contribution in [-0.2, 0) is 17.6 Å². The van der Waals surface area contributed by atoms with E-state index in [1.165, 1.54) is 16.9 Å². The van der Waals surface area contributed by atoms with E-state index in [4.69, 9.17) is 0 Å². The molecule has 3 nitrogen and oxygen atoms in total. The number of nitrogens with one attached hydrogen (secondary N) is 1. The highest BCUT2D eigenvalue weighted by molar-refractivity contribution is 9.10. The Morgan fingerprint density at radius 3 is 2.64 bits per heavy atom. The van der Waals surface area contributed by atoms with Gasteiger partial charge in [0.1, 0.15) is 0 Å². The third-order valence-electron chi connectivity index (χ3n) is 3.39. The van der Waals surface area contributed by atoms with E-state index < -0.39 is 0 Å². The second kappa shape index (κ2) is 6.58. The molecule has 0 radical (unpaired) electrons. The molecule has 0 unspecified atom stereocenters. The second-order valence-electron chi connectivity index (χ2n) is 5.03. The molecule has 0 spiro atoms. The minimum atomic E-state index is -0.0444. The number of hydrogen-bond acceptors (Lipinski definition) is 3. The molecule has 3 rings (SSSR count). The highest BCUT2D eigenvalue weighted by Gasteiger charge is 2.09. The van der Waals surface area contributed by atoms with Crippen LogP contribution < -0.4 is 5.32 Å². The van der Waals surface area contributed by atoms with Gasteiger partial charge in [-0.05, 0) is 41.8 Å². The van der Waals surface area contributed by atoms with Crippen molar-refractivity contribution in [3.8, 4) is 0 Å². The zero-order valence-corrected chi connectivity index (χ0v) is 14.5. The lowest BCUT2D eigenvalue weighted by atomic mass is 10.1. The Morgan fingerprint density at radius 1 is 1.18 bits per heavy atom. The quantitative estimate of drug-likeness (QED) is 0.712. The molecule has 22 heavy (non-hydrogen) atoms. The van der Waals surface area contributed by atoms with Gasteiger partial charge in [0.05, 0.1) is 16.6 Å². The number of rotatable bonds is 4. The fourth-order valence-electron chi connectivity index (χ4n) is 2.19. The van der Waals surface area contributed by atoms with E-state index >= 15 is 0 Å². The van der Waals surface area contributed by atoms with Crippen molar-refractivity contribution in [1.29, 1.82) is 0 Å². The first kappa shape index (κ1) is 15.2. The van der Waals surface area contributed by atoms with Crippen molar-refractivity contribution in [2.24, 2.45) is 0 Å². The van der Waals surface area contributed by atoms with Gasteiger partial charge in [-0.15, -0.1) is 0 Å². The third kappa shape index (κ3) is 3.54. The molecule has 0 aliphatic carbocycles. The normalized spacial score (nSPS) is 10.8. The highest BCUT2D eigenvalue weighted by Crippen LogP contribution is 2.27. The number of anilines is 1. The molecule has 1 heterocycles. The van der Waals surface area contributed by atoms with Crippen molar-refractivity contribution >= 4 is 48.5 Å². The number of carbonyl (C=O) groups is 1. The number of amides is 1. The van der Waals surface area contributed by atoms with Crippen LogP contribution in [-0.4, -0.2) is 10.9 Å². The summed E-state index contributed by atoms with van der Waals surface area (Å²) in [5, 5.41) is 3.55. The summed E-state index contributed by atoms with van der Waals surface area (Å²) >= 11 is 4.91. The number of fused-ring (bicyclic) bond motifs is 1. The number of halogens is 1. The van der Waals surface area contributed by atoms with E-state index in [2.05, 4.69) is 45.3 Å². The lowest BCUT2D eigenvalue weighted by Gasteiger charge is -2.02. The minimum absolute atomic E-state index is 0.0444. The zero-order chi connectivity index (χ0) is 15.5. The Labute approximate surface area is 141 Å². The number of nitrogens with zero attached hydrogens (tertiary/aromatic N) is 1. The van der Waals surface area contributed by atoms with Gasteiger partial charge in [-0.3, -0.25) is 4.79 Å². The summed E-state index contributed by atoms with van der Waals surface area (Å²) in [6, 6.07) is 14.0. The number of thiazole rings is 1. The smallest absolute Gasteiger partial charge is 0.230 e. The predicted octanol–water partition coefficient (Wildman–Crippen LogP) is 4.80. The Balaban J connectivity index is 1.72. The van der Waals surface area contributed by atoms with Gasteiger partial charge >= 0.3 is 0 Å². The molecule has 0 saturated heterocycles. The van der Waals surface area contributed by atoms with E-state index in [9.17, 15) is 4.79 Å². The molecule has 112 valence electrons. The number of hydrogen-bond donors (Lipinski definition) is 1. The molecule has 5 heteroatoms. The Kier molecular flexibility index (Phi) is 4.55. The molecule has 0 fully saturated rings. The molecule has 1 amide bonds. The molecule has 0 aliphatic heterocycles. The lowest BCUT2D eigenvalue weighted by molar-refractivity contribution is -0.115. The van der Waals surface area contributed by atoms with E-state index in [0.717, 1.165) is 26.7 Å². The first-order valence-corrected chi connectivity index (χ1v) is 8.69. The summed E-state index contributed by atoms with van der Waals surface area (Å²) in [6.45, 7) is 2.13. The number of aromatic nitrogens is 1. The van der Waals surface area contributed by atoms with Gasteiger partial charge < -0.3 is 5.32 Å². The van der Waals surface area contributed by atoms with Crippen LogP contribution in [0.5, 0.6) is 0 Å². The van der Waals surface area contributed by atoms with Crippen LogP contribution in [0.25, 0.3) is 10.2 Å². The van der Waals surface area contributed by atoms with Gasteiger partial charge in [-0.2, -0.15) is 0 Å². The van der Waals surface area contributed by atoms with E-state index in [1.54, 1.807) is 0 Å². The average molecular weight is 375 g/mol. The fourth-order valence-corrected chi connectivity index (χ4v) is 3.40. The van der Waals surface area contributed by atoms with Crippen molar-refractivity contribution in [1.82, 2.24) is 4.98 Å².